The second-order valence-corrected chi connectivity index (χ2v) is 4.47. The molecule has 80 valence electrons. The summed E-state index contributed by atoms with van der Waals surface area (Å²) in [6, 6.07) is 0.0292. The zero-order chi connectivity index (χ0) is 10.3. The molecule has 15 heavy (non-hydrogen) atoms. The lowest BCUT2D eigenvalue weighted by Crippen LogP contribution is -2.29. The predicted octanol–water partition coefficient (Wildman–Crippen LogP) is 1.04. The average Bonchev–Trinajstić information content (AvgIpc) is 2.91. The summed E-state index contributed by atoms with van der Waals surface area (Å²) in [6.45, 7) is 0. The second kappa shape index (κ2) is 3.54. The lowest BCUT2D eigenvalue weighted by atomic mass is 9.82. The fourth-order valence-corrected chi connectivity index (χ4v) is 2.78. The van der Waals surface area contributed by atoms with Crippen LogP contribution in [0.1, 0.15) is 30.9 Å². The first-order valence-corrected chi connectivity index (χ1v) is 5.50. The third kappa shape index (κ3) is 1.54. The van der Waals surface area contributed by atoms with Gasteiger partial charge >= 0.3 is 0 Å². The molecule has 4 atom stereocenters. The van der Waals surface area contributed by atoms with Crippen LogP contribution in [-0.2, 0) is 4.74 Å². The van der Waals surface area contributed by atoms with E-state index in [2.05, 4.69) is 9.97 Å². The Labute approximate surface area is 88.9 Å². The van der Waals surface area contributed by atoms with Gasteiger partial charge in [0.2, 0.25) is 0 Å². The quantitative estimate of drug-likeness (QED) is 0.783. The maximum Gasteiger partial charge on any atom is 0.115 e. The third-order valence-corrected chi connectivity index (χ3v) is 3.58. The van der Waals surface area contributed by atoms with Crippen LogP contribution in [-0.4, -0.2) is 22.2 Å². The van der Waals surface area contributed by atoms with Crippen molar-refractivity contribution in [1.29, 1.82) is 0 Å². The fraction of sp³-hybridized carbons (Fsp3) is 0.636. The van der Waals surface area contributed by atoms with E-state index in [9.17, 15) is 0 Å². The largest absolute Gasteiger partial charge is 0.375 e. The second-order valence-electron chi connectivity index (χ2n) is 4.47. The summed E-state index contributed by atoms with van der Waals surface area (Å²) in [4.78, 5) is 8.01. The molecule has 0 spiro atoms. The maximum absolute atomic E-state index is 6.23. The lowest BCUT2D eigenvalue weighted by molar-refractivity contribution is 0.0884. The van der Waals surface area contributed by atoms with Crippen LogP contribution in [0, 0.1) is 5.92 Å². The van der Waals surface area contributed by atoms with Crippen molar-refractivity contribution in [2.75, 3.05) is 0 Å². The number of nitrogens with two attached hydrogens (primary N) is 1. The zero-order valence-electron chi connectivity index (χ0n) is 8.54. The molecule has 2 saturated heterocycles. The van der Waals surface area contributed by atoms with E-state index in [-0.39, 0.29) is 6.04 Å². The van der Waals surface area contributed by atoms with Crippen LogP contribution in [0.25, 0.3) is 0 Å². The molecule has 4 nitrogen and oxygen atoms in total. The highest BCUT2D eigenvalue weighted by molar-refractivity contribution is 5.12. The van der Waals surface area contributed by atoms with Gasteiger partial charge in [0.1, 0.15) is 6.33 Å². The minimum atomic E-state index is 0.0292. The van der Waals surface area contributed by atoms with Crippen LogP contribution in [0.15, 0.2) is 18.7 Å². The molecular formula is C11H15N3O. The van der Waals surface area contributed by atoms with Gasteiger partial charge in [-0.25, -0.2) is 9.97 Å². The summed E-state index contributed by atoms with van der Waals surface area (Å²) in [6.07, 6.45) is 9.44. The molecule has 0 radical (unpaired) electrons. The summed E-state index contributed by atoms with van der Waals surface area (Å²) in [5.41, 5.74) is 7.25. The Morgan fingerprint density at radius 3 is 2.73 bits per heavy atom. The minimum Gasteiger partial charge on any atom is -0.375 e. The Morgan fingerprint density at radius 1 is 1.33 bits per heavy atom. The summed E-state index contributed by atoms with van der Waals surface area (Å²) >= 11 is 0. The van der Waals surface area contributed by atoms with E-state index in [0.29, 0.717) is 18.1 Å². The zero-order valence-corrected chi connectivity index (χ0v) is 8.54. The van der Waals surface area contributed by atoms with Crippen LogP contribution in [0.5, 0.6) is 0 Å². The topological polar surface area (TPSA) is 61.0 Å². The van der Waals surface area contributed by atoms with Crippen molar-refractivity contribution >= 4 is 0 Å². The van der Waals surface area contributed by atoms with Crippen molar-refractivity contribution in [1.82, 2.24) is 9.97 Å². The molecule has 2 bridgehead atoms. The molecule has 2 N–H and O–H groups in total. The predicted molar refractivity (Wildman–Crippen MR) is 55.0 cm³/mol. The van der Waals surface area contributed by atoms with Crippen LogP contribution >= 0.6 is 0 Å². The summed E-state index contributed by atoms with van der Waals surface area (Å²) in [7, 11) is 0. The number of hydrogen-bond donors (Lipinski definition) is 1. The molecule has 1 aromatic heterocycles. The van der Waals surface area contributed by atoms with Crippen molar-refractivity contribution in [3.8, 4) is 0 Å². The molecule has 3 heterocycles. The summed E-state index contributed by atoms with van der Waals surface area (Å²) in [5, 5.41) is 0. The van der Waals surface area contributed by atoms with Crippen molar-refractivity contribution in [3.63, 3.8) is 0 Å². The smallest absolute Gasteiger partial charge is 0.115 e. The highest BCUT2D eigenvalue weighted by Crippen LogP contribution is 2.43. The molecule has 2 aliphatic rings. The highest BCUT2D eigenvalue weighted by Gasteiger charge is 2.43. The number of nitrogens with zero attached hydrogens (tertiary/aromatic N) is 2. The standard InChI is InChI=1S/C11H15N3O/c12-11(7-4-13-6-14-5-7)9-3-8-1-2-10(9)15-8/h4-6,8-11H,1-3,12H2. The van der Waals surface area contributed by atoms with Crippen LogP contribution in [0.4, 0.5) is 0 Å². The van der Waals surface area contributed by atoms with Crippen LogP contribution in [0.2, 0.25) is 0 Å². The van der Waals surface area contributed by atoms with Crippen molar-refractivity contribution in [2.45, 2.75) is 37.5 Å². The van der Waals surface area contributed by atoms with Gasteiger partial charge in [0, 0.05) is 29.9 Å². The number of aromatic nitrogens is 2. The molecule has 3 rings (SSSR count). The van der Waals surface area contributed by atoms with Crippen LogP contribution in [0.3, 0.4) is 0 Å². The third-order valence-electron chi connectivity index (χ3n) is 3.58. The SMILES string of the molecule is NC(c1cncnc1)C1CC2CCC1O2. The normalized spacial score (nSPS) is 35.7. The Hall–Kier alpha value is -1.00. The van der Waals surface area contributed by atoms with Crippen LogP contribution < -0.4 is 5.73 Å². The van der Waals surface area contributed by atoms with E-state index in [1.54, 1.807) is 0 Å². The molecule has 0 saturated carbocycles. The van der Waals surface area contributed by atoms with E-state index in [4.69, 9.17) is 10.5 Å². The van der Waals surface area contributed by atoms with Gasteiger partial charge in [-0.1, -0.05) is 0 Å². The summed E-state index contributed by atoms with van der Waals surface area (Å²) < 4.78 is 5.81. The van der Waals surface area contributed by atoms with Crippen molar-refractivity contribution in [2.24, 2.45) is 11.7 Å². The van der Waals surface area contributed by atoms with Gasteiger partial charge in [-0.05, 0) is 19.3 Å². The first kappa shape index (κ1) is 9.24. The molecule has 2 fully saturated rings. The minimum absolute atomic E-state index is 0.0292. The van der Waals surface area contributed by atoms with Gasteiger partial charge in [-0.15, -0.1) is 0 Å². The number of fused-ring (bicyclic) bond motifs is 2. The highest BCUT2D eigenvalue weighted by atomic mass is 16.5. The van der Waals surface area contributed by atoms with Crippen molar-refractivity contribution < 1.29 is 4.74 Å². The molecule has 0 aromatic carbocycles. The lowest BCUT2D eigenvalue weighted by Gasteiger charge is -2.24. The van der Waals surface area contributed by atoms with E-state index in [1.165, 1.54) is 12.7 Å². The van der Waals surface area contributed by atoms with Gasteiger partial charge in [-0.3, -0.25) is 0 Å². The molecule has 0 aliphatic carbocycles. The van der Waals surface area contributed by atoms with E-state index in [1.807, 2.05) is 12.4 Å². The Kier molecular flexibility index (Phi) is 2.18. The monoisotopic (exact) mass is 205 g/mol. The van der Waals surface area contributed by atoms with E-state index in [0.717, 1.165) is 18.4 Å². The van der Waals surface area contributed by atoms with Gasteiger partial charge in [0.25, 0.3) is 0 Å². The fourth-order valence-electron chi connectivity index (χ4n) is 2.78. The molecule has 1 aromatic rings. The first-order chi connectivity index (χ1) is 7.34. The number of ether oxygens (including phenoxy) is 1. The van der Waals surface area contributed by atoms with Gasteiger partial charge in [0.15, 0.2) is 0 Å². The Bertz CT molecular complexity index is 343. The van der Waals surface area contributed by atoms with Crippen molar-refractivity contribution in [3.05, 3.63) is 24.3 Å². The van der Waals surface area contributed by atoms with Gasteiger partial charge in [0.05, 0.1) is 12.2 Å². The molecule has 0 amide bonds. The molecule has 2 aliphatic heterocycles. The van der Waals surface area contributed by atoms with E-state index < -0.39 is 0 Å². The summed E-state index contributed by atoms with van der Waals surface area (Å²) in [5.74, 6) is 0.453. The number of hydrogen-bond acceptors (Lipinski definition) is 4. The first-order valence-electron chi connectivity index (χ1n) is 5.50. The Morgan fingerprint density at radius 2 is 2.13 bits per heavy atom. The number of rotatable bonds is 2. The molecule has 4 unspecified atom stereocenters. The van der Waals surface area contributed by atoms with E-state index >= 15 is 0 Å². The maximum atomic E-state index is 6.23. The Balaban J connectivity index is 1.78. The van der Waals surface area contributed by atoms with Gasteiger partial charge in [-0.2, -0.15) is 0 Å². The molecule has 4 heteroatoms. The average molecular weight is 205 g/mol. The molecular weight excluding hydrogens is 190 g/mol. The van der Waals surface area contributed by atoms with Gasteiger partial charge < -0.3 is 10.5 Å².